The fourth-order valence-electron chi connectivity index (χ4n) is 9.47. The molecule has 3 aliphatic rings. The van der Waals surface area contributed by atoms with Crippen molar-refractivity contribution < 1.29 is 21.8 Å². The van der Waals surface area contributed by atoms with Crippen LogP contribution in [0.4, 0.5) is 10.1 Å². The molecule has 12 heteroatoms. The SMILES string of the molecule is CCCCCCCCCCCCCCCCOc1ccc(S(=O)(=O)c2cnc3ccc([S@@](C)=O)cc3c2N2CCC(N3CCC(N4CCN(C)CC4)CC3)CC2)cc1F. The van der Waals surface area contributed by atoms with Gasteiger partial charge in [-0.1, -0.05) is 90.4 Å². The zero-order valence-corrected chi connectivity index (χ0v) is 38.0. The standard InChI is InChI=1S/C47H72FN5O4S2/c1-4-5-6-7-8-9-10-11-12-13-14-15-16-17-34-57-45-21-19-41(36-43(45)48)59(55,56)46-37-49-44-20-18-40(58(3)54)35-42(44)47(46)53-28-24-38(25-29-53)51-26-22-39(23-27-51)52-32-30-50(2)31-33-52/h18-21,35-39H,4-17,22-34H2,1-3H3/t58-/m1/s1. The van der Waals surface area contributed by atoms with Gasteiger partial charge in [-0.3, -0.25) is 14.1 Å². The highest BCUT2D eigenvalue weighted by Crippen LogP contribution is 2.39. The minimum Gasteiger partial charge on any atom is -0.491 e. The molecule has 59 heavy (non-hydrogen) atoms. The Morgan fingerprint density at radius 3 is 1.86 bits per heavy atom. The van der Waals surface area contributed by atoms with Gasteiger partial charge in [0.2, 0.25) is 9.84 Å². The number of anilines is 1. The Kier molecular flexibility index (Phi) is 17.9. The molecular formula is C47H72FN5O4S2. The number of benzene rings is 2. The summed E-state index contributed by atoms with van der Waals surface area (Å²) in [5.74, 6) is -0.618. The van der Waals surface area contributed by atoms with E-state index in [0.29, 0.717) is 53.3 Å². The Morgan fingerprint density at radius 1 is 0.729 bits per heavy atom. The number of hydrogen-bond acceptors (Lipinski definition) is 9. The first-order valence-corrected chi connectivity index (χ1v) is 26.0. The smallest absolute Gasteiger partial charge is 0.210 e. The lowest BCUT2D eigenvalue weighted by atomic mass is 9.96. The van der Waals surface area contributed by atoms with E-state index in [2.05, 4.69) is 38.6 Å². The van der Waals surface area contributed by atoms with Gasteiger partial charge in [-0.15, -0.1) is 0 Å². The molecule has 0 amide bonds. The lowest BCUT2D eigenvalue weighted by molar-refractivity contribution is 0.0495. The number of piperidine rings is 2. The van der Waals surface area contributed by atoms with Gasteiger partial charge in [0.25, 0.3) is 0 Å². The van der Waals surface area contributed by atoms with Crippen molar-refractivity contribution >= 4 is 37.2 Å². The van der Waals surface area contributed by atoms with Crippen molar-refractivity contribution in [2.45, 2.75) is 149 Å². The van der Waals surface area contributed by atoms with Crippen molar-refractivity contribution in [1.82, 2.24) is 19.7 Å². The summed E-state index contributed by atoms with van der Waals surface area (Å²) in [6.45, 7) is 10.8. The third-order valence-electron chi connectivity index (χ3n) is 13.2. The highest BCUT2D eigenvalue weighted by Gasteiger charge is 2.34. The molecule has 3 aromatic rings. The fraction of sp³-hybridized carbons (Fsp3) is 0.681. The van der Waals surface area contributed by atoms with E-state index in [-0.39, 0.29) is 15.5 Å². The molecule has 9 nitrogen and oxygen atoms in total. The molecule has 2 aromatic carbocycles. The van der Waals surface area contributed by atoms with Crippen LogP contribution in [-0.2, 0) is 20.6 Å². The number of nitrogens with zero attached hydrogens (tertiary/aromatic N) is 5. The van der Waals surface area contributed by atoms with Crippen LogP contribution in [0.15, 0.2) is 57.3 Å². The summed E-state index contributed by atoms with van der Waals surface area (Å²) in [5.41, 5.74) is 1.20. The van der Waals surface area contributed by atoms with E-state index < -0.39 is 26.5 Å². The number of pyridine rings is 1. The van der Waals surface area contributed by atoms with Gasteiger partial charge in [0.05, 0.1) is 22.7 Å². The van der Waals surface area contributed by atoms with Crippen LogP contribution in [0.25, 0.3) is 10.9 Å². The zero-order valence-electron chi connectivity index (χ0n) is 36.4. The topological polar surface area (TPSA) is 86.3 Å². The van der Waals surface area contributed by atoms with Crippen LogP contribution in [0.3, 0.4) is 0 Å². The van der Waals surface area contributed by atoms with Crippen molar-refractivity contribution in [2.75, 3.05) is 77.2 Å². The van der Waals surface area contributed by atoms with E-state index in [1.165, 1.54) is 102 Å². The van der Waals surface area contributed by atoms with E-state index in [4.69, 9.17) is 4.74 Å². The lowest BCUT2D eigenvalue weighted by Gasteiger charge is -2.46. The van der Waals surface area contributed by atoms with E-state index in [1.54, 1.807) is 12.3 Å². The van der Waals surface area contributed by atoms with Crippen molar-refractivity contribution in [3.05, 3.63) is 48.4 Å². The molecule has 4 heterocycles. The number of sulfone groups is 1. The molecule has 0 saturated carbocycles. The Hall–Kier alpha value is -2.64. The second kappa shape index (κ2) is 23.0. The average molecular weight is 854 g/mol. The Morgan fingerprint density at radius 2 is 1.29 bits per heavy atom. The number of halogens is 1. The molecule has 0 radical (unpaired) electrons. The molecule has 3 aliphatic heterocycles. The highest BCUT2D eigenvalue weighted by molar-refractivity contribution is 7.91. The van der Waals surface area contributed by atoms with Crippen molar-refractivity contribution in [2.24, 2.45) is 0 Å². The molecule has 1 atom stereocenters. The highest BCUT2D eigenvalue weighted by atomic mass is 32.2. The number of piperazine rings is 1. The molecule has 3 fully saturated rings. The monoisotopic (exact) mass is 854 g/mol. The fourth-order valence-corrected chi connectivity index (χ4v) is 11.5. The number of ether oxygens (including phenoxy) is 1. The van der Waals surface area contributed by atoms with Crippen LogP contribution in [0, 0.1) is 5.82 Å². The third-order valence-corrected chi connectivity index (χ3v) is 15.9. The van der Waals surface area contributed by atoms with Gasteiger partial charge in [0, 0.05) is 84.9 Å². The normalized spacial score (nSPS) is 18.8. The first-order valence-electron chi connectivity index (χ1n) is 23.0. The number of likely N-dealkylation sites (N-methyl/N-ethyl adjacent to an activating group) is 1. The number of fused-ring (bicyclic) bond motifs is 1. The summed E-state index contributed by atoms with van der Waals surface area (Å²) in [4.78, 5) is 15.0. The molecule has 0 aliphatic carbocycles. The van der Waals surface area contributed by atoms with Crippen molar-refractivity contribution in [1.29, 1.82) is 0 Å². The molecule has 0 unspecified atom stereocenters. The van der Waals surface area contributed by atoms with Gasteiger partial charge in [0.15, 0.2) is 11.6 Å². The summed E-state index contributed by atoms with van der Waals surface area (Å²) in [6, 6.07) is 10.5. The van der Waals surface area contributed by atoms with Gasteiger partial charge in [-0.25, -0.2) is 12.8 Å². The predicted molar refractivity (Wildman–Crippen MR) is 241 cm³/mol. The van der Waals surface area contributed by atoms with Gasteiger partial charge in [0.1, 0.15) is 4.90 Å². The second-order valence-corrected chi connectivity index (χ2v) is 20.8. The van der Waals surface area contributed by atoms with Crippen LogP contribution >= 0.6 is 0 Å². The lowest BCUT2D eigenvalue weighted by Crippen LogP contribution is -2.54. The molecule has 0 N–H and O–H groups in total. The molecule has 0 bridgehead atoms. The minimum atomic E-state index is -4.18. The number of aromatic nitrogens is 1. The van der Waals surface area contributed by atoms with Crippen LogP contribution < -0.4 is 9.64 Å². The van der Waals surface area contributed by atoms with Gasteiger partial charge in [-0.2, -0.15) is 0 Å². The number of likely N-dealkylation sites (tertiary alicyclic amines) is 1. The number of unbranched alkanes of at least 4 members (excludes halogenated alkanes) is 13. The first kappa shape index (κ1) is 45.9. The largest absolute Gasteiger partial charge is 0.491 e. The molecule has 6 rings (SSSR count). The zero-order chi connectivity index (χ0) is 41.6. The van der Waals surface area contributed by atoms with Crippen LogP contribution in [-0.4, -0.2) is 117 Å². The van der Waals surface area contributed by atoms with E-state index >= 15 is 4.39 Å². The molecular weight excluding hydrogens is 782 g/mol. The van der Waals surface area contributed by atoms with Gasteiger partial charge in [-0.05, 0) is 88.6 Å². The number of hydrogen-bond donors (Lipinski definition) is 0. The maximum absolute atomic E-state index is 15.5. The maximum atomic E-state index is 15.5. The quantitative estimate of drug-likeness (QED) is 0.0919. The summed E-state index contributed by atoms with van der Waals surface area (Å²) >= 11 is 0. The third kappa shape index (κ3) is 12.7. The summed E-state index contributed by atoms with van der Waals surface area (Å²) in [6.07, 6.45) is 24.9. The summed E-state index contributed by atoms with van der Waals surface area (Å²) in [7, 11) is -3.24. The Bertz CT molecular complexity index is 1890. The minimum absolute atomic E-state index is 0.0472. The maximum Gasteiger partial charge on any atom is 0.210 e. The van der Waals surface area contributed by atoms with Crippen LogP contribution in [0.2, 0.25) is 0 Å². The van der Waals surface area contributed by atoms with Gasteiger partial charge >= 0.3 is 0 Å². The second-order valence-electron chi connectivity index (χ2n) is 17.5. The van der Waals surface area contributed by atoms with E-state index in [1.807, 2.05) is 12.1 Å². The van der Waals surface area contributed by atoms with Crippen LogP contribution in [0.5, 0.6) is 5.75 Å². The first-order chi connectivity index (χ1) is 28.7. The van der Waals surface area contributed by atoms with E-state index in [9.17, 15) is 12.6 Å². The molecule has 3 saturated heterocycles. The van der Waals surface area contributed by atoms with E-state index in [0.717, 1.165) is 77.4 Å². The molecule has 328 valence electrons. The Labute approximate surface area is 357 Å². The summed E-state index contributed by atoms with van der Waals surface area (Å²) < 4.78 is 62.9. The van der Waals surface area contributed by atoms with Crippen molar-refractivity contribution in [3.8, 4) is 5.75 Å². The molecule has 1 aromatic heterocycles. The van der Waals surface area contributed by atoms with Crippen molar-refractivity contribution in [3.63, 3.8) is 0 Å². The predicted octanol–water partition coefficient (Wildman–Crippen LogP) is 9.48. The number of rotatable bonds is 22. The van der Waals surface area contributed by atoms with Gasteiger partial charge < -0.3 is 19.4 Å². The van der Waals surface area contributed by atoms with Crippen LogP contribution in [0.1, 0.15) is 122 Å². The molecule has 0 spiro atoms. The summed E-state index contributed by atoms with van der Waals surface area (Å²) in [5, 5.41) is 0.652. The Balaban J connectivity index is 1.04. The average Bonchev–Trinajstić information content (AvgIpc) is 3.25.